The fourth-order valence-corrected chi connectivity index (χ4v) is 4.40. The SMILES string of the molecule is Cc1ccc(NC(=O)c2ccc(S(=O)(=O)N3CCCC3)cc2)cc1C. The monoisotopic (exact) mass is 358 g/mol. The highest BCUT2D eigenvalue weighted by atomic mass is 32.2. The Balaban J connectivity index is 1.75. The van der Waals surface area contributed by atoms with Gasteiger partial charge in [-0.1, -0.05) is 6.07 Å². The van der Waals surface area contributed by atoms with E-state index in [0.717, 1.165) is 29.7 Å². The molecule has 25 heavy (non-hydrogen) atoms. The van der Waals surface area contributed by atoms with Crippen molar-refractivity contribution >= 4 is 21.6 Å². The van der Waals surface area contributed by atoms with Crippen LogP contribution in [0.2, 0.25) is 0 Å². The van der Waals surface area contributed by atoms with Crippen molar-refractivity contribution in [3.8, 4) is 0 Å². The molecule has 2 aromatic rings. The Morgan fingerprint density at radius 2 is 1.60 bits per heavy atom. The molecular weight excluding hydrogens is 336 g/mol. The average Bonchev–Trinajstić information content (AvgIpc) is 3.14. The molecule has 0 unspecified atom stereocenters. The maximum atomic E-state index is 12.5. The Kier molecular flexibility index (Phi) is 4.92. The van der Waals surface area contributed by atoms with Gasteiger partial charge < -0.3 is 5.32 Å². The molecule has 132 valence electrons. The predicted octanol–water partition coefficient (Wildman–Crippen LogP) is 3.34. The summed E-state index contributed by atoms with van der Waals surface area (Å²) in [5.41, 5.74) is 3.42. The lowest BCUT2D eigenvalue weighted by molar-refractivity contribution is 0.102. The van der Waals surface area contributed by atoms with Crippen LogP contribution in [0.15, 0.2) is 47.4 Å². The maximum absolute atomic E-state index is 12.5. The van der Waals surface area contributed by atoms with Gasteiger partial charge in [0.25, 0.3) is 5.91 Å². The van der Waals surface area contributed by atoms with Crippen molar-refractivity contribution in [1.82, 2.24) is 4.31 Å². The van der Waals surface area contributed by atoms with Crippen molar-refractivity contribution in [2.45, 2.75) is 31.6 Å². The molecule has 0 radical (unpaired) electrons. The van der Waals surface area contributed by atoms with Gasteiger partial charge in [0.2, 0.25) is 10.0 Å². The third kappa shape index (κ3) is 3.75. The molecule has 0 atom stereocenters. The Labute approximate surface area is 148 Å². The molecule has 1 N–H and O–H groups in total. The fraction of sp³-hybridized carbons (Fsp3) is 0.316. The third-order valence-electron chi connectivity index (χ3n) is 4.58. The fourth-order valence-electron chi connectivity index (χ4n) is 2.88. The number of aryl methyl sites for hydroxylation is 2. The highest BCUT2D eigenvalue weighted by molar-refractivity contribution is 7.89. The van der Waals surface area contributed by atoms with E-state index < -0.39 is 10.0 Å². The molecule has 6 heteroatoms. The number of sulfonamides is 1. The summed E-state index contributed by atoms with van der Waals surface area (Å²) in [6.07, 6.45) is 1.80. The number of amides is 1. The molecule has 1 amide bonds. The number of hydrogen-bond acceptors (Lipinski definition) is 3. The number of benzene rings is 2. The molecule has 0 saturated carbocycles. The topological polar surface area (TPSA) is 66.5 Å². The molecule has 0 spiro atoms. The Morgan fingerprint density at radius 3 is 2.20 bits per heavy atom. The first-order chi connectivity index (χ1) is 11.9. The van der Waals surface area contributed by atoms with Crippen molar-refractivity contribution in [2.75, 3.05) is 18.4 Å². The first-order valence-electron chi connectivity index (χ1n) is 8.37. The van der Waals surface area contributed by atoms with Crippen LogP contribution < -0.4 is 5.32 Å². The van der Waals surface area contributed by atoms with E-state index in [1.165, 1.54) is 16.4 Å². The number of hydrogen-bond donors (Lipinski definition) is 1. The van der Waals surface area contributed by atoms with Gasteiger partial charge in [-0.2, -0.15) is 4.31 Å². The first kappa shape index (κ1) is 17.6. The van der Waals surface area contributed by atoms with Gasteiger partial charge in [0.05, 0.1) is 4.90 Å². The van der Waals surface area contributed by atoms with Gasteiger partial charge in [0.1, 0.15) is 0 Å². The Hall–Kier alpha value is -2.18. The second kappa shape index (κ2) is 6.98. The lowest BCUT2D eigenvalue weighted by Crippen LogP contribution is -2.27. The molecule has 1 heterocycles. The summed E-state index contributed by atoms with van der Waals surface area (Å²) >= 11 is 0. The summed E-state index contributed by atoms with van der Waals surface area (Å²) in [7, 11) is -3.45. The maximum Gasteiger partial charge on any atom is 0.255 e. The number of nitrogens with one attached hydrogen (secondary N) is 1. The van der Waals surface area contributed by atoms with Crippen LogP contribution in [-0.2, 0) is 10.0 Å². The van der Waals surface area contributed by atoms with Crippen LogP contribution in [0.1, 0.15) is 34.3 Å². The van der Waals surface area contributed by atoms with Crippen molar-refractivity contribution in [3.05, 3.63) is 59.2 Å². The molecule has 0 aliphatic carbocycles. The number of rotatable bonds is 4. The summed E-state index contributed by atoms with van der Waals surface area (Å²) < 4.78 is 26.5. The van der Waals surface area contributed by atoms with Crippen molar-refractivity contribution < 1.29 is 13.2 Å². The molecule has 0 aromatic heterocycles. The summed E-state index contributed by atoms with van der Waals surface area (Å²) in [6, 6.07) is 11.8. The van der Waals surface area contributed by atoms with Crippen LogP contribution in [0.3, 0.4) is 0 Å². The number of carbonyl (C=O) groups is 1. The standard InChI is InChI=1S/C19H22N2O3S/c1-14-5-8-17(13-15(14)2)20-19(22)16-6-9-18(10-7-16)25(23,24)21-11-3-4-12-21/h5-10,13H,3-4,11-12H2,1-2H3,(H,20,22). The highest BCUT2D eigenvalue weighted by Crippen LogP contribution is 2.21. The normalized spacial score (nSPS) is 15.3. The van der Waals surface area contributed by atoms with Gasteiger partial charge in [-0.15, -0.1) is 0 Å². The summed E-state index contributed by atoms with van der Waals surface area (Å²) in [6.45, 7) is 5.14. The second-order valence-corrected chi connectivity index (χ2v) is 8.33. The predicted molar refractivity (Wildman–Crippen MR) is 98.3 cm³/mol. The number of nitrogens with zero attached hydrogens (tertiary/aromatic N) is 1. The van der Waals surface area contributed by atoms with E-state index >= 15 is 0 Å². The first-order valence-corrected chi connectivity index (χ1v) is 9.81. The van der Waals surface area contributed by atoms with Crippen LogP contribution in [0.25, 0.3) is 0 Å². The largest absolute Gasteiger partial charge is 0.322 e. The van der Waals surface area contributed by atoms with Gasteiger partial charge in [0, 0.05) is 24.3 Å². The number of carbonyl (C=O) groups excluding carboxylic acids is 1. The van der Waals surface area contributed by atoms with E-state index in [-0.39, 0.29) is 10.8 Å². The van der Waals surface area contributed by atoms with Crippen molar-refractivity contribution in [3.63, 3.8) is 0 Å². The summed E-state index contributed by atoms with van der Waals surface area (Å²) in [5, 5.41) is 2.84. The molecular formula is C19H22N2O3S. The smallest absolute Gasteiger partial charge is 0.255 e. The van der Waals surface area contributed by atoms with Gasteiger partial charge in [-0.05, 0) is 74.2 Å². The zero-order valence-electron chi connectivity index (χ0n) is 14.5. The summed E-state index contributed by atoms with van der Waals surface area (Å²) in [4.78, 5) is 12.6. The minimum atomic E-state index is -3.45. The van der Waals surface area contributed by atoms with Crippen molar-refractivity contribution in [2.24, 2.45) is 0 Å². The van der Waals surface area contributed by atoms with E-state index in [9.17, 15) is 13.2 Å². The van der Waals surface area contributed by atoms with E-state index in [1.807, 2.05) is 32.0 Å². The lowest BCUT2D eigenvalue weighted by atomic mass is 10.1. The van der Waals surface area contributed by atoms with E-state index in [0.29, 0.717) is 18.7 Å². The summed E-state index contributed by atoms with van der Waals surface area (Å²) in [5.74, 6) is -0.256. The number of anilines is 1. The third-order valence-corrected chi connectivity index (χ3v) is 6.50. The second-order valence-electron chi connectivity index (χ2n) is 6.39. The van der Waals surface area contributed by atoms with E-state index in [2.05, 4.69) is 5.32 Å². The quantitative estimate of drug-likeness (QED) is 0.911. The van der Waals surface area contributed by atoms with Gasteiger partial charge in [-0.25, -0.2) is 8.42 Å². The van der Waals surface area contributed by atoms with Gasteiger partial charge >= 0.3 is 0 Å². The molecule has 5 nitrogen and oxygen atoms in total. The Bertz CT molecular complexity index is 883. The van der Waals surface area contributed by atoms with E-state index in [4.69, 9.17) is 0 Å². The lowest BCUT2D eigenvalue weighted by Gasteiger charge is -2.15. The molecule has 3 rings (SSSR count). The Morgan fingerprint density at radius 1 is 0.960 bits per heavy atom. The zero-order valence-corrected chi connectivity index (χ0v) is 15.3. The molecule has 1 fully saturated rings. The van der Waals surface area contributed by atoms with Crippen molar-refractivity contribution in [1.29, 1.82) is 0 Å². The van der Waals surface area contributed by atoms with Crippen LogP contribution >= 0.6 is 0 Å². The van der Waals surface area contributed by atoms with Crippen LogP contribution in [0.5, 0.6) is 0 Å². The molecule has 1 saturated heterocycles. The van der Waals surface area contributed by atoms with Crippen LogP contribution in [-0.4, -0.2) is 31.7 Å². The van der Waals surface area contributed by atoms with E-state index in [1.54, 1.807) is 12.1 Å². The minimum Gasteiger partial charge on any atom is -0.322 e. The van der Waals surface area contributed by atoms with Gasteiger partial charge in [-0.3, -0.25) is 4.79 Å². The zero-order chi connectivity index (χ0) is 18.0. The molecule has 2 aromatic carbocycles. The molecule has 0 bridgehead atoms. The van der Waals surface area contributed by atoms with Gasteiger partial charge in [0.15, 0.2) is 0 Å². The molecule has 1 aliphatic heterocycles. The minimum absolute atomic E-state index is 0.233. The van der Waals surface area contributed by atoms with Crippen LogP contribution in [0.4, 0.5) is 5.69 Å². The average molecular weight is 358 g/mol. The van der Waals surface area contributed by atoms with Crippen LogP contribution in [0, 0.1) is 13.8 Å². The highest BCUT2D eigenvalue weighted by Gasteiger charge is 2.27. The molecule has 1 aliphatic rings.